The third-order valence-corrected chi connectivity index (χ3v) is 3.68. The van der Waals surface area contributed by atoms with Crippen LogP contribution in [0.25, 0.3) is 0 Å². The molecule has 5 heteroatoms. The van der Waals surface area contributed by atoms with Crippen molar-refractivity contribution in [2.75, 3.05) is 19.6 Å². The second-order valence-electron chi connectivity index (χ2n) is 5.86. The van der Waals surface area contributed by atoms with Gasteiger partial charge in [0.2, 0.25) is 5.91 Å². The van der Waals surface area contributed by atoms with E-state index in [0.717, 1.165) is 18.7 Å². The van der Waals surface area contributed by atoms with Gasteiger partial charge in [-0.25, -0.2) is 0 Å². The van der Waals surface area contributed by atoms with Crippen molar-refractivity contribution in [1.82, 2.24) is 15.5 Å². The SMILES string of the molecule is CC1CN(CC(=O)NC(C)c2ccccc2)CC(C)N1.Cl. The van der Waals surface area contributed by atoms with Crippen LogP contribution in [0.1, 0.15) is 32.4 Å². The van der Waals surface area contributed by atoms with Gasteiger partial charge in [-0.05, 0) is 26.3 Å². The molecule has 1 aliphatic heterocycles. The fraction of sp³-hybridized carbons (Fsp3) is 0.562. The summed E-state index contributed by atoms with van der Waals surface area (Å²) in [4.78, 5) is 14.4. The Hall–Kier alpha value is -1.10. The minimum absolute atomic E-state index is 0. The molecule has 2 rings (SSSR count). The molecule has 3 atom stereocenters. The van der Waals surface area contributed by atoms with Crippen molar-refractivity contribution >= 4 is 18.3 Å². The number of halogens is 1. The molecule has 1 aromatic carbocycles. The molecule has 2 N–H and O–H groups in total. The lowest BCUT2D eigenvalue weighted by Crippen LogP contribution is -2.56. The monoisotopic (exact) mass is 311 g/mol. The molecule has 21 heavy (non-hydrogen) atoms. The molecule has 1 amide bonds. The molecule has 0 bridgehead atoms. The van der Waals surface area contributed by atoms with Crippen LogP contribution in [0.15, 0.2) is 30.3 Å². The molecule has 1 fully saturated rings. The number of carbonyl (C=O) groups is 1. The lowest BCUT2D eigenvalue weighted by atomic mass is 10.1. The Kier molecular flexibility index (Phi) is 7.15. The lowest BCUT2D eigenvalue weighted by Gasteiger charge is -2.35. The van der Waals surface area contributed by atoms with Gasteiger partial charge in [-0.3, -0.25) is 9.69 Å². The molecule has 0 radical (unpaired) electrons. The molecule has 1 saturated heterocycles. The van der Waals surface area contributed by atoms with Gasteiger partial charge in [-0.15, -0.1) is 12.4 Å². The summed E-state index contributed by atoms with van der Waals surface area (Å²) in [7, 11) is 0. The Morgan fingerprint density at radius 3 is 2.43 bits per heavy atom. The average Bonchev–Trinajstić information content (AvgIpc) is 2.38. The van der Waals surface area contributed by atoms with Crippen LogP contribution in [0.5, 0.6) is 0 Å². The third kappa shape index (κ3) is 5.65. The van der Waals surface area contributed by atoms with Gasteiger partial charge >= 0.3 is 0 Å². The number of benzene rings is 1. The van der Waals surface area contributed by atoms with Crippen molar-refractivity contribution in [3.8, 4) is 0 Å². The number of carbonyl (C=O) groups excluding carboxylic acids is 1. The quantitative estimate of drug-likeness (QED) is 0.893. The number of piperazine rings is 1. The predicted octanol–water partition coefficient (Wildman–Crippen LogP) is 1.97. The normalized spacial score (nSPS) is 24.0. The molecule has 0 spiro atoms. The van der Waals surface area contributed by atoms with E-state index in [1.807, 2.05) is 37.3 Å². The van der Waals surface area contributed by atoms with Crippen molar-refractivity contribution in [1.29, 1.82) is 0 Å². The van der Waals surface area contributed by atoms with Crippen LogP contribution in [0.4, 0.5) is 0 Å². The largest absolute Gasteiger partial charge is 0.348 e. The van der Waals surface area contributed by atoms with E-state index in [0.29, 0.717) is 18.6 Å². The van der Waals surface area contributed by atoms with Crippen molar-refractivity contribution in [3.05, 3.63) is 35.9 Å². The van der Waals surface area contributed by atoms with Crippen LogP contribution in [-0.2, 0) is 4.79 Å². The van der Waals surface area contributed by atoms with Gasteiger partial charge in [-0.1, -0.05) is 30.3 Å². The second kappa shape index (κ2) is 8.37. The standard InChI is InChI=1S/C16H25N3O.ClH/c1-12-9-19(10-13(2)17-12)11-16(20)18-14(3)15-7-5-4-6-8-15;/h4-8,12-14,17H,9-11H2,1-3H3,(H,18,20);1H. The molecule has 3 unspecified atom stereocenters. The van der Waals surface area contributed by atoms with E-state index >= 15 is 0 Å². The van der Waals surface area contributed by atoms with Crippen LogP contribution in [-0.4, -0.2) is 42.5 Å². The topological polar surface area (TPSA) is 44.4 Å². The van der Waals surface area contributed by atoms with Crippen molar-refractivity contribution in [2.24, 2.45) is 0 Å². The highest BCUT2D eigenvalue weighted by molar-refractivity contribution is 5.85. The lowest BCUT2D eigenvalue weighted by molar-refractivity contribution is -0.123. The van der Waals surface area contributed by atoms with E-state index in [2.05, 4.69) is 29.4 Å². The zero-order valence-electron chi connectivity index (χ0n) is 13.0. The molecule has 0 aliphatic carbocycles. The van der Waals surface area contributed by atoms with Crippen LogP contribution in [0.2, 0.25) is 0 Å². The van der Waals surface area contributed by atoms with Gasteiger partial charge in [0, 0.05) is 25.2 Å². The summed E-state index contributed by atoms with van der Waals surface area (Å²) in [5.74, 6) is 0.0997. The van der Waals surface area contributed by atoms with E-state index in [1.165, 1.54) is 0 Å². The van der Waals surface area contributed by atoms with E-state index in [4.69, 9.17) is 0 Å². The molecular weight excluding hydrogens is 286 g/mol. The summed E-state index contributed by atoms with van der Waals surface area (Å²) in [5.41, 5.74) is 1.14. The van der Waals surface area contributed by atoms with Gasteiger partial charge in [-0.2, -0.15) is 0 Å². The predicted molar refractivity (Wildman–Crippen MR) is 88.7 cm³/mol. The average molecular weight is 312 g/mol. The van der Waals surface area contributed by atoms with Crippen molar-refractivity contribution in [2.45, 2.75) is 38.9 Å². The number of hydrogen-bond acceptors (Lipinski definition) is 3. The number of nitrogens with one attached hydrogen (secondary N) is 2. The van der Waals surface area contributed by atoms with Crippen molar-refractivity contribution in [3.63, 3.8) is 0 Å². The van der Waals surface area contributed by atoms with Crippen LogP contribution in [0, 0.1) is 0 Å². The first-order valence-electron chi connectivity index (χ1n) is 7.37. The number of hydrogen-bond donors (Lipinski definition) is 2. The van der Waals surface area contributed by atoms with E-state index in [9.17, 15) is 4.79 Å². The Morgan fingerprint density at radius 2 is 1.86 bits per heavy atom. The van der Waals surface area contributed by atoms with Gasteiger partial charge in [0.05, 0.1) is 12.6 Å². The zero-order valence-corrected chi connectivity index (χ0v) is 13.8. The van der Waals surface area contributed by atoms with Crippen LogP contribution >= 0.6 is 12.4 Å². The summed E-state index contributed by atoms with van der Waals surface area (Å²) in [6, 6.07) is 11.0. The molecule has 0 aromatic heterocycles. The fourth-order valence-corrected chi connectivity index (χ4v) is 2.88. The summed E-state index contributed by atoms with van der Waals surface area (Å²) < 4.78 is 0. The summed E-state index contributed by atoms with van der Waals surface area (Å²) in [6.45, 7) is 8.68. The molecule has 1 aliphatic rings. The van der Waals surface area contributed by atoms with E-state index < -0.39 is 0 Å². The maximum atomic E-state index is 12.1. The highest BCUT2D eigenvalue weighted by atomic mass is 35.5. The molecular formula is C16H26ClN3O. The fourth-order valence-electron chi connectivity index (χ4n) is 2.88. The smallest absolute Gasteiger partial charge is 0.234 e. The molecule has 118 valence electrons. The van der Waals surface area contributed by atoms with Crippen molar-refractivity contribution < 1.29 is 4.79 Å². The second-order valence-corrected chi connectivity index (χ2v) is 5.86. The van der Waals surface area contributed by atoms with Crippen LogP contribution in [0.3, 0.4) is 0 Å². The van der Waals surface area contributed by atoms with E-state index in [1.54, 1.807) is 0 Å². The first-order chi connectivity index (χ1) is 9.54. The number of amides is 1. The molecule has 1 heterocycles. The Morgan fingerprint density at radius 1 is 1.29 bits per heavy atom. The molecule has 1 aromatic rings. The highest BCUT2D eigenvalue weighted by Crippen LogP contribution is 2.11. The Balaban J connectivity index is 0.00000220. The minimum Gasteiger partial charge on any atom is -0.348 e. The highest BCUT2D eigenvalue weighted by Gasteiger charge is 2.22. The van der Waals surface area contributed by atoms with Gasteiger partial charge in [0.25, 0.3) is 0 Å². The first-order valence-corrected chi connectivity index (χ1v) is 7.37. The van der Waals surface area contributed by atoms with Crippen LogP contribution < -0.4 is 10.6 Å². The number of nitrogens with zero attached hydrogens (tertiary/aromatic N) is 1. The Bertz CT molecular complexity index is 430. The molecule has 0 saturated carbocycles. The third-order valence-electron chi connectivity index (χ3n) is 3.68. The zero-order chi connectivity index (χ0) is 14.5. The molecule has 4 nitrogen and oxygen atoms in total. The van der Waals surface area contributed by atoms with Gasteiger partial charge in [0.1, 0.15) is 0 Å². The van der Waals surface area contributed by atoms with E-state index in [-0.39, 0.29) is 24.4 Å². The minimum atomic E-state index is 0. The maximum Gasteiger partial charge on any atom is 0.234 e. The Labute approximate surface area is 133 Å². The maximum absolute atomic E-state index is 12.1. The van der Waals surface area contributed by atoms with Gasteiger partial charge in [0.15, 0.2) is 0 Å². The summed E-state index contributed by atoms with van der Waals surface area (Å²) in [6.07, 6.45) is 0. The van der Waals surface area contributed by atoms with Gasteiger partial charge < -0.3 is 10.6 Å². The number of rotatable bonds is 4. The summed E-state index contributed by atoms with van der Waals surface area (Å²) >= 11 is 0. The first kappa shape index (κ1) is 18.0. The summed E-state index contributed by atoms with van der Waals surface area (Å²) in [5, 5.41) is 6.55.